The Hall–Kier alpha value is -0.130. The third-order valence-electron chi connectivity index (χ3n) is 3.64. The molecule has 0 saturated carbocycles. The number of piperidine rings is 1. The van der Waals surface area contributed by atoms with E-state index in [9.17, 15) is 8.42 Å². The van der Waals surface area contributed by atoms with Crippen LogP contribution >= 0.6 is 0 Å². The Balaban J connectivity index is 1.79. The standard InChI is InChI=1S/C11H22N2O2S/c14-16(15,13-7-1-2-8-13)9-5-11-4-3-6-12-10-11/h11-12H,1-10H2. The molecule has 0 radical (unpaired) electrons. The van der Waals surface area contributed by atoms with Crippen molar-refractivity contribution in [1.29, 1.82) is 0 Å². The predicted molar refractivity (Wildman–Crippen MR) is 64.8 cm³/mol. The fourth-order valence-corrected chi connectivity index (χ4v) is 4.29. The maximum Gasteiger partial charge on any atom is 0.214 e. The highest BCUT2D eigenvalue weighted by Gasteiger charge is 2.26. The van der Waals surface area contributed by atoms with Crippen LogP contribution in [0.2, 0.25) is 0 Å². The van der Waals surface area contributed by atoms with Crippen molar-refractivity contribution in [1.82, 2.24) is 9.62 Å². The van der Waals surface area contributed by atoms with Crippen molar-refractivity contribution < 1.29 is 8.42 Å². The van der Waals surface area contributed by atoms with E-state index in [0.717, 1.165) is 45.4 Å². The second-order valence-electron chi connectivity index (χ2n) is 4.92. The van der Waals surface area contributed by atoms with E-state index in [0.29, 0.717) is 11.7 Å². The van der Waals surface area contributed by atoms with Crippen LogP contribution in [0.3, 0.4) is 0 Å². The van der Waals surface area contributed by atoms with Crippen molar-refractivity contribution in [2.24, 2.45) is 5.92 Å². The van der Waals surface area contributed by atoms with Crippen LogP contribution in [0.15, 0.2) is 0 Å². The van der Waals surface area contributed by atoms with Gasteiger partial charge in [-0.05, 0) is 51.1 Å². The van der Waals surface area contributed by atoms with Crippen LogP contribution in [-0.2, 0) is 10.0 Å². The average Bonchev–Trinajstić information content (AvgIpc) is 2.82. The lowest BCUT2D eigenvalue weighted by atomic mass is 9.97. The molecule has 0 aromatic rings. The average molecular weight is 246 g/mol. The van der Waals surface area contributed by atoms with E-state index in [1.165, 1.54) is 12.8 Å². The summed E-state index contributed by atoms with van der Waals surface area (Å²) < 4.78 is 25.6. The van der Waals surface area contributed by atoms with Gasteiger partial charge in [0.25, 0.3) is 0 Å². The fourth-order valence-electron chi connectivity index (χ4n) is 2.58. The summed E-state index contributed by atoms with van der Waals surface area (Å²) in [7, 11) is -2.95. The lowest BCUT2D eigenvalue weighted by Crippen LogP contribution is -2.34. The molecule has 1 atom stereocenters. The Kier molecular flexibility index (Phi) is 4.21. The van der Waals surface area contributed by atoms with Crippen LogP contribution < -0.4 is 5.32 Å². The monoisotopic (exact) mass is 246 g/mol. The van der Waals surface area contributed by atoms with Crippen molar-refractivity contribution in [3.8, 4) is 0 Å². The van der Waals surface area contributed by atoms with Gasteiger partial charge >= 0.3 is 0 Å². The molecule has 2 saturated heterocycles. The van der Waals surface area contributed by atoms with Gasteiger partial charge in [0, 0.05) is 13.1 Å². The number of hydrogen-bond acceptors (Lipinski definition) is 3. The maximum absolute atomic E-state index is 12.0. The molecule has 2 rings (SSSR count). The molecule has 1 unspecified atom stereocenters. The Bertz CT molecular complexity index is 304. The Labute approximate surface area is 98.4 Å². The molecule has 0 aromatic carbocycles. The normalized spacial score (nSPS) is 28.4. The molecule has 5 heteroatoms. The third-order valence-corrected chi connectivity index (χ3v) is 5.54. The van der Waals surface area contributed by atoms with E-state index in [2.05, 4.69) is 5.32 Å². The summed E-state index contributed by atoms with van der Waals surface area (Å²) in [4.78, 5) is 0. The molecule has 0 bridgehead atoms. The largest absolute Gasteiger partial charge is 0.316 e. The summed E-state index contributed by atoms with van der Waals surface area (Å²) in [6.07, 6.45) is 5.26. The Morgan fingerprint density at radius 2 is 1.94 bits per heavy atom. The summed E-state index contributed by atoms with van der Waals surface area (Å²) >= 11 is 0. The zero-order valence-electron chi connectivity index (χ0n) is 9.82. The number of hydrogen-bond donors (Lipinski definition) is 1. The van der Waals surface area contributed by atoms with Gasteiger partial charge < -0.3 is 5.32 Å². The van der Waals surface area contributed by atoms with E-state index in [1.54, 1.807) is 4.31 Å². The minimum Gasteiger partial charge on any atom is -0.316 e. The summed E-state index contributed by atoms with van der Waals surface area (Å²) in [5.41, 5.74) is 0. The summed E-state index contributed by atoms with van der Waals surface area (Å²) in [6.45, 7) is 3.57. The smallest absolute Gasteiger partial charge is 0.214 e. The molecular formula is C11H22N2O2S. The van der Waals surface area contributed by atoms with Gasteiger partial charge in [0.2, 0.25) is 10.0 Å². The molecule has 2 heterocycles. The minimum absolute atomic E-state index is 0.347. The highest BCUT2D eigenvalue weighted by Crippen LogP contribution is 2.18. The van der Waals surface area contributed by atoms with Gasteiger partial charge in [0.05, 0.1) is 5.75 Å². The first-order valence-electron chi connectivity index (χ1n) is 6.37. The second kappa shape index (κ2) is 5.47. The SMILES string of the molecule is O=S(=O)(CCC1CCCNC1)N1CCCC1. The van der Waals surface area contributed by atoms with E-state index < -0.39 is 10.0 Å². The van der Waals surface area contributed by atoms with Crippen molar-refractivity contribution in [3.05, 3.63) is 0 Å². The van der Waals surface area contributed by atoms with E-state index in [-0.39, 0.29) is 0 Å². The van der Waals surface area contributed by atoms with Gasteiger partial charge in [-0.25, -0.2) is 12.7 Å². The van der Waals surface area contributed by atoms with Crippen LogP contribution in [0.5, 0.6) is 0 Å². The van der Waals surface area contributed by atoms with Gasteiger partial charge in [-0.2, -0.15) is 0 Å². The first-order valence-corrected chi connectivity index (χ1v) is 7.98. The van der Waals surface area contributed by atoms with Crippen molar-refractivity contribution in [3.63, 3.8) is 0 Å². The highest BCUT2D eigenvalue weighted by atomic mass is 32.2. The molecule has 0 amide bonds. The number of rotatable bonds is 4. The Morgan fingerprint density at radius 1 is 1.19 bits per heavy atom. The first-order chi connectivity index (χ1) is 7.68. The van der Waals surface area contributed by atoms with Crippen LogP contribution in [-0.4, -0.2) is 44.7 Å². The number of sulfonamides is 1. The zero-order valence-corrected chi connectivity index (χ0v) is 10.6. The summed E-state index contributed by atoms with van der Waals surface area (Å²) in [5, 5.41) is 3.33. The topological polar surface area (TPSA) is 49.4 Å². The van der Waals surface area contributed by atoms with Crippen molar-refractivity contribution in [2.45, 2.75) is 32.1 Å². The van der Waals surface area contributed by atoms with Gasteiger partial charge in [-0.15, -0.1) is 0 Å². The molecule has 1 N–H and O–H groups in total. The quantitative estimate of drug-likeness (QED) is 0.798. The van der Waals surface area contributed by atoms with Gasteiger partial charge in [0.15, 0.2) is 0 Å². The number of nitrogens with one attached hydrogen (secondary N) is 1. The van der Waals surface area contributed by atoms with Crippen LogP contribution in [0.25, 0.3) is 0 Å². The van der Waals surface area contributed by atoms with Crippen LogP contribution in [0, 0.1) is 5.92 Å². The van der Waals surface area contributed by atoms with Crippen LogP contribution in [0.4, 0.5) is 0 Å². The molecular weight excluding hydrogens is 224 g/mol. The minimum atomic E-state index is -2.95. The van der Waals surface area contributed by atoms with E-state index >= 15 is 0 Å². The number of nitrogens with zero attached hydrogens (tertiary/aromatic N) is 1. The summed E-state index contributed by atoms with van der Waals surface area (Å²) in [6, 6.07) is 0. The molecule has 2 fully saturated rings. The molecule has 94 valence electrons. The Morgan fingerprint density at radius 3 is 2.56 bits per heavy atom. The lowest BCUT2D eigenvalue weighted by Gasteiger charge is -2.23. The van der Waals surface area contributed by atoms with Gasteiger partial charge in [-0.1, -0.05) is 0 Å². The molecule has 0 spiro atoms. The molecule has 4 nitrogen and oxygen atoms in total. The summed E-state index contributed by atoms with van der Waals surface area (Å²) in [5.74, 6) is 0.908. The van der Waals surface area contributed by atoms with Gasteiger partial charge in [-0.3, -0.25) is 0 Å². The highest BCUT2D eigenvalue weighted by molar-refractivity contribution is 7.89. The molecule has 2 aliphatic heterocycles. The zero-order chi connectivity index (χ0) is 11.4. The molecule has 0 aromatic heterocycles. The van der Waals surface area contributed by atoms with Crippen molar-refractivity contribution >= 4 is 10.0 Å². The van der Waals surface area contributed by atoms with E-state index in [1.807, 2.05) is 0 Å². The first kappa shape index (κ1) is 12.3. The van der Waals surface area contributed by atoms with Gasteiger partial charge in [0.1, 0.15) is 0 Å². The van der Waals surface area contributed by atoms with E-state index in [4.69, 9.17) is 0 Å². The van der Waals surface area contributed by atoms with Crippen LogP contribution in [0.1, 0.15) is 32.1 Å². The van der Waals surface area contributed by atoms with Crippen molar-refractivity contribution in [2.75, 3.05) is 31.9 Å². The maximum atomic E-state index is 12.0. The molecule has 0 aliphatic carbocycles. The lowest BCUT2D eigenvalue weighted by molar-refractivity contribution is 0.366. The predicted octanol–water partition coefficient (Wildman–Crippen LogP) is 0.802. The molecule has 16 heavy (non-hydrogen) atoms. The third kappa shape index (κ3) is 3.18. The second-order valence-corrected chi connectivity index (χ2v) is 7.01. The fraction of sp³-hybridized carbons (Fsp3) is 1.00. The molecule has 2 aliphatic rings.